The van der Waals surface area contributed by atoms with Crippen LogP contribution >= 0.6 is 23.2 Å². The summed E-state index contributed by atoms with van der Waals surface area (Å²) >= 11 is 12.5. The summed E-state index contributed by atoms with van der Waals surface area (Å²) in [6, 6.07) is 6.37. The summed E-state index contributed by atoms with van der Waals surface area (Å²) < 4.78 is 2.30. The lowest BCUT2D eigenvalue weighted by atomic mass is 9.80. The predicted molar refractivity (Wildman–Crippen MR) is 85.5 cm³/mol. The maximum atomic E-state index is 6.42. The van der Waals surface area contributed by atoms with Gasteiger partial charge in [0.15, 0.2) is 0 Å². The van der Waals surface area contributed by atoms with Crippen molar-refractivity contribution in [2.24, 2.45) is 11.8 Å². The van der Waals surface area contributed by atoms with E-state index in [4.69, 9.17) is 23.2 Å². The Balaban J connectivity index is 2.13. The zero-order chi connectivity index (χ0) is 14.3. The van der Waals surface area contributed by atoms with Gasteiger partial charge in [0.2, 0.25) is 0 Å². The van der Waals surface area contributed by atoms with Gasteiger partial charge in [-0.3, -0.25) is 0 Å². The normalized spacial score (nSPS) is 27.1. The van der Waals surface area contributed by atoms with Crippen LogP contribution in [0.3, 0.4) is 0 Å². The van der Waals surface area contributed by atoms with Gasteiger partial charge in [0, 0.05) is 6.04 Å². The summed E-state index contributed by atoms with van der Waals surface area (Å²) in [5.74, 6) is 2.87. The number of rotatable bonds is 2. The number of imidazole rings is 1. The molecule has 2 aromatic rings. The largest absolute Gasteiger partial charge is 0.323 e. The van der Waals surface area contributed by atoms with Crippen LogP contribution in [0.25, 0.3) is 11.0 Å². The van der Waals surface area contributed by atoms with E-state index in [9.17, 15) is 0 Å². The summed E-state index contributed by atoms with van der Waals surface area (Å²) in [6.07, 6.45) is 3.68. The van der Waals surface area contributed by atoms with Crippen molar-refractivity contribution in [3.8, 4) is 0 Å². The summed E-state index contributed by atoms with van der Waals surface area (Å²) in [4.78, 5) is 4.66. The molecule has 2 unspecified atom stereocenters. The molecule has 0 N–H and O–H groups in total. The molecule has 2 nitrogen and oxygen atoms in total. The first kappa shape index (κ1) is 14.2. The van der Waals surface area contributed by atoms with Gasteiger partial charge in [-0.25, -0.2) is 4.98 Å². The fourth-order valence-electron chi connectivity index (χ4n) is 3.76. The number of para-hydroxylation sites is 1. The van der Waals surface area contributed by atoms with E-state index in [-0.39, 0.29) is 0 Å². The molecule has 1 fully saturated rings. The number of fused-ring (bicyclic) bond motifs is 1. The Morgan fingerprint density at radius 2 is 1.90 bits per heavy atom. The minimum absolute atomic E-state index is 0.435. The molecule has 1 aliphatic rings. The van der Waals surface area contributed by atoms with E-state index in [0.717, 1.165) is 33.7 Å². The first-order valence-corrected chi connectivity index (χ1v) is 8.22. The van der Waals surface area contributed by atoms with E-state index >= 15 is 0 Å². The molecule has 20 heavy (non-hydrogen) atoms. The SMILES string of the molecule is CC1CC(C)CC(n2c(CCl)nc3cccc(Cl)c32)C1. The third kappa shape index (κ3) is 2.44. The van der Waals surface area contributed by atoms with Crippen molar-refractivity contribution in [1.29, 1.82) is 0 Å². The van der Waals surface area contributed by atoms with Crippen LogP contribution in [-0.4, -0.2) is 9.55 Å². The molecule has 1 aliphatic carbocycles. The van der Waals surface area contributed by atoms with Gasteiger partial charge in [-0.15, -0.1) is 11.6 Å². The lowest BCUT2D eigenvalue weighted by Gasteiger charge is -2.33. The second-order valence-electron chi connectivity index (χ2n) is 6.21. The van der Waals surface area contributed by atoms with Gasteiger partial charge in [0.25, 0.3) is 0 Å². The number of halogens is 2. The highest BCUT2D eigenvalue weighted by atomic mass is 35.5. The molecule has 4 heteroatoms. The van der Waals surface area contributed by atoms with Crippen LogP contribution in [0.15, 0.2) is 18.2 Å². The summed E-state index contributed by atoms with van der Waals surface area (Å²) in [5, 5.41) is 0.775. The number of aromatic nitrogens is 2. The third-order valence-corrected chi connectivity index (χ3v) is 4.92. The number of benzene rings is 1. The molecule has 0 radical (unpaired) electrons. The van der Waals surface area contributed by atoms with Crippen LogP contribution in [-0.2, 0) is 5.88 Å². The monoisotopic (exact) mass is 310 g/mol. The van der Waals surface area contributed by atoms with Gasteiger partial charge >= 0.3 is 0 Å². The Hall–Kier alpha value is -0.730. The molecule has 0 bridgehead atoms. The Morgan fingerprint density at radius 1 is 1.20 bits per heavy atom. The van der Waals surface area contributed by atoms with E-state index in [0.29, 0.717) is 11.9 Å². The van der Waals surface area contributed by atoms with Crippen molar-refractivity contribution in [3.05, 3.63) is 29.0 Å². The lowest BCUT2D eigenvalue weighted by molar-refractivity contribution is 0.222. The van der Waals surface area contributed by atoms with Crippen LogP contribution in [0, 0.1) is 11.8 Å². The fraction of sp³-hybridized carbons (Fsp3) is 0.562. The molecule has 1 aromatic heterocycles. The Bertz CT molecular complexity index is 610. The molecule has 0 aliphatic heterocycles. The number of hydrogen-bond donors (Lipinski definition) is 0. The van der Waals surface area contributed by atoms with Crippen molar-refractivity contribution in [1.82, 2.24) is 9.55 Å². The van der Waals surface area contributed by atoms with Crippen LogP contribution in [0.1, 0.15) is 45.0 Å². The van der Waals surface area contributed by atoms with Crippen molar-refractivity contribution in [3.63, 3.8) is 0 Å². The molecule has 2 atom stereocenters. The predicted octanol–water partition coefficient (Wildman–Crippen LogP) is 5.43. The third-order valence-electron chi connectivity index (χ3n) is 4.37. The molecule has 1 heterocycles. The molecule has 108 valence electrons. The molecule has 0 saturated heterocycles. The molecule has 1 saturated carbocycles. The topological polar surface area (TPSA) is 17.8 Å². The second kappa shape index (κ2) is 5.57. The molecule has 0 spiro atoms. The molecule has 0 amide bonds. The van der Waals surface area contributed by atoms with Gasteiger partial charge in [-0.2, -0.15) is 0 Å². The van der Waals surface area contributed by atoms with Gasteiger partial charge in [-0.1, -0.05) is 31.5 Å². The van der Waals surface area contributed by atoms with E-state index in [1.165, 1.54) is 19.3 Å². The minimum Gasteiger partial charge on any atom is -0.323 e. The first-order chi connectivity index (χ1) is 9.60. The minimum atomic E-state index is 0.435. The summed E-state index contributed by atoms with van der Waals surface area (Å²) in [7, 11) is 0. The van der Waals surface area contributed by atoms with Crippen molar-refractivity contribution in [2.45, 2.75) is 45.0 Å². The van der Waals surface area contributed by atoms with Gasteiger partial charge < -0.3 is 4.57 Å². The van der Waals surface area contributed by atoms with Crippen LogP contribution in [0.4, 0.5) is 0 Å². The Labute approximate surface area is 130 Å². The number of nitrogens with zero attached hydrogens (tertiary/aromatic N) is 2. The van der Waals surface area contributed by atoms with E-state index in [1.807, 2.05) is 18.2 Å². The second-order valence-corrected chi connectivity index (χ2v) is 6.88. The maximum Gasteiger partial charge on any atom is 0.125 e. The quantitative estimate of drug-likeness (QED) is 0.677. The standard InChI is InChI=1S/C16H20Cl2N2/c1-10-6-11(2)8-12(7-10)20-15(9-17)19-14-5-3-4-13(18)16(14)20/h3-5,10-12H,6-9H2,1-2H3. The zero-order valence-corrected chi connectivity index (χ0v) is 13.5. The lowest BCUT2D eigenvalue weighted by Crippen LogP contribution is -2.23. The number of hydrogen-bond acceptors (Lipinski definition) is 1. The van der Waals surface area contributed by atoms with Gasteiger partial charge in [-0.05, 0) is 43.2 Å². The highest BCUT2D eigenvalue weighted by Crippen LogP contribution is 2.39. The molecule has 3 rings (SSSR count). The first-order valence-electron chi connectivity index (χ1n) is 7.31. The van der Waals surface area contributed by atoms with E-state index in [2.05, 4.69) is 23.4 Å². The zero-order valence-electron chi connectivity index (χ0n) is 11.9. The average Bonchev–Trinajstić information content (AvgIpc) is 2.77. The molecular formula is C16H20Cl2N2. The van der Waals surface area contributed by atoms with Gasteiger partial charge in [0.05, 0.1) is 21.9 Å². The maximum absolute atomic E-state index is 6.42. The highest BCUT2D eigenvalue weighted by Gasteiger charge is 2.28. The molecule has 1 aromatic carbocycles. The average molecular weight is 311 g/mol. The van der Waals surface area contributed by atoms with Crippen LogP contribution < -0.4 is 0 Å². The van der Waals surface area contributed by atoms with E-state index < -0.39 is 0 Å². The van der Waals surface area contributed by atoms with Crippen LogP contribution in [0.2, 0.25) is 5.02 Å². The molecular weight excluding hydrogens is 291 g/mol. The summed E-state index contributed by atoms with van der Waals surface area (Å²) in [6.45, 7) is 4.67. The fourth-order valence-corrected chi connectivity index (χ4v) is 4.21. The van der Waals surface area contributed by atoms with Gasteiger partial charge in [0.1, 0.15) is 5.82 Å². The van der Waals surface area contributed by atoms with Crippen molar-refractivity contribution >= 4 is 34.2 Å². The van der Waals surface area contributed by atoms with Crippen molar-refractivity contribution in [2.75, 3.05) is 0 Å². The Morgan fingerprint density at radius 3 is 2.55 bits per heavy atom. The van der Waals surface area contributed by atoms with Crippen molar-refractivity contribution < 1.29 is 0 Å². The smallest absolute Gasteiger partial charge is 0.125 e. The number of alkyl halides is 1. The summed E-state index contributed by atoms with van der Waals surface area (Å²) in [5.41, 5.74) is 2.01. The van der Waals surface area contributed by atoms with Crippen LogP contribution in [0.5, 0.6) is 0 Å². The Kier molecular flexibility index (Phi) is 3.96. The van der Waals surface area contributed by atoms with E-state index in [1.54, 1.807) is 0 Å². The highest BCUT2D eigenvalue weighted by molar-refractivity contribution is 6.35.